The molecule has 132 valence electrons. The fourth-order valence-corrected chi connectivity index (χ4v) is 3.28. The molecule has 24 heavy (non-hydrogen) atoms. The van der Waals surface area contributed by atoms with E-state index in [-0.39, 0.29) is 17.0 Å². The minimum atomic E-state index is -0.153. The van der Waals surface area contributed by atoms with E-state index in [9.17, 15) is 4.39 Å². The second-order valence-corrected chi connectivity index (χ2v) is 7.99. The first-order chi connectivity index (χ1) is 11.2. The third-order valence-electron chi connectivity index (χ3n) is 4.81. The van der Waals surface area contributed by atoms with Crippen molar-refractivity contribution in [3.05, 3.63) is 59.8 Å². The molecule has 0 atom stereocenters. The van der Waals surface area contributed by atoms with Crippen molar-refractivity contribution in [1.82, 2.24) is 4.90 Å². The number of likely N-dealkylation sites (tertiary alicyclic amines) is 1. The first-order valence-electron chi connectivity index (χ1n) is 8.75. The molecular weight excluding hydrogens is 301 g/mol. The molecule has 2 rings (SSSR count). The Hall–Kier alpha value is -1.77. The zero-order chi connectivity index (χ0) is 17.9. The SMILES string of the molecule is C=C(O)CCC(=C)N1CC(CCc2ccc(F)cc2C(C)(C)C)C1. The van der Waals surface area contributed by atoms with Crippen LogP contribution in [0.5, 0.6) is 0 Å². The number of hydrogen-bond donors (Lipinski definition) is 1. The van der Waals surface area contributed by atoms with Gasteiger partial charge in [0, 0.05) is 25.2 Å². The van der Waals surface area contributed by atoms with Crippen LogP contribution in [0.3, 0.4) is 0 Å². The van der Waals surface area contributed by atoms with Crippen LogP contribution in [0.4, 0.5) is 4.39 Å². The number of aliphatic hydroxyl groups excluding tert-OH is 1. The molecule has 0 aromatic heterocycles. The number of aliphatic hydroxyl groups is 1. The smallest absolute Gasteiger partial charge is 0.123 e. The van der Waals surface area contributed by atoms with Crippen LogP contribution >= 0.6 is 0 Å². The summed E-state index contributed by atoms with van der Waals surface area (Å²) in [6.07, 6.45) is 3.47. The highest BCUT2D eigenvalue weighted by molar-refractivity contribution is 5.33. The van der Waals surface area contributed by atoms with Crippen LogP contribution in [0.15, 0.2) is 42.8 Å². The average Bonchev–Trinajstić information content (AvgIpc) is 2.43. The third kappa shape index (κ3) is 4.86. The summed E-state index contributed by atoms with van der Waals surface area (Å²) in [5.74, 6) is 0.733. The molecule has 1 aromatic rings. The van der Waals surface area contributed by atoms with Gasteiger partial charge in [-0.2, -0.15) is 0 Å². The number of benzene rings is 1. The van der Waals surface area contributed by atoms with Crippen LogP contribution < -0.4 is 0 Å². The first-order valence-corrected chi connectivity index (χ1v) is 8.75. The topological polar surface area (TPSA) is 23.5 Å². The Labute approximate surface area is 145 Å². The lowest BCUT2D eigenvalue weighted by molar-refractivity contribution is 0.130. The molecule has 1 aliphatic rings. The molecule has 1 N–H and O–H groups in total. The van der Waals surface area contributed by atoms with E-state index in [1.165, 1.54) is 5.56 Å². The molecule has 0 bridgehead atoms. The monoisotopic (exact) mass is 331 g/mol. The van der Waals surface area contributed by atoms with Gasteiger partial charge in [-0.25, -0.2) is 4.39 Å². The summed E-state index contributed by atoms with van der Waals surface area (Å²) in [4.78, 5) is 2.28. The third-order valence-corrected chi connectivity index (χ3v) is 4.81. The molecule has 0 saturated carbocycles. The van der Waals surface area contributed by atoms with Crippen molar-refractivity contribution in [3.8, 4) is 0 Å². The number of allylic oxidation sites excluding steroid dienone is 2. The van der Waals surface area contributed by atoms with Gasteiger partial charge in [-0.3, -0.25) is 0 Å². The van der Waals surface area contributed by atoms with Crippen molar-refractivity contribution >= 4 is 0 Å². The van der Waals surface area contributed by atoms with Crippen molar-refractivity contribution < 1.29 is 9.50 Å². The Balaban J connectivity index is 1.84. The van der Waals surface area contributed by atoms with E-state index in [4.69, 9.17) is 5.11 Å². The maximum absolute atomic E-state index is 13.6. The molecule has 0 unspecified atom stereocenters. The van der Waals surface area contributed by atoms with Crippen LogP contribution in [0.2, 0.25) is 0 Å². The van der Waals surface area contributed by atoms with Crippen LogP contribution in [-0.4, -0.2) is 23.1 Å². The summed E-state index contributed by atoms with van der Waals surface area (Å²) in [6.45, 7) is 16.1. The Bertz CT molecular complexity index is 609. The van der Waals surface area contributed by atoms with Gasteiger partial charge in [0.15, 0.2) is 0 Å². The highest BCUT2D eigenvalue weighted by Gasteiger charge is 2.27. The maximum Gasteiger partial charge on any atom is 0.123 e. The predicted octanol–water partition coefficient (Wildman–Crippen LogP) is 5.35. The number of hydrogen-bond acceptors (Lipinski definition) is 2. The summed E-state index contributed by atoms with van der Waals surface area (Å²) < 4.78 is 13.6. The highest BCUT2D eigenvalue weighted by Crippen LogP contribution is 2.31. The second-order valence-electron chi connectivity index (χ2n) is 7.99. The lowest BCUT2D eigenvalue weighted by Gasteiger charge is -2.42. The lowest BCUT2D eigenvalue weighted by atomic mass is 9.81. The predicted molar refractivity (Wildman–Crippen MR) is 98.6 cm³/mol. The molecule has 1 fully saturated rings. The van der Waals surface area contributed by atoms with Gasteiger partial charge in [-0.1, -0.05) is 40.0 Å². The van der Waals surface area contributed by atoms with Crippen LogP contribution in [-0.2, 0) is 11.8 Å². The fraction of sp³-hybridized carbons (Fsp3) is 0.524. The van der Waals surface area contributed by atoms with Crippen LogP contribution in [0, 0.1) is 11.7 Å². The summed E-state index contributed by atoms with van der Waals surface area (Å²) in [7, 11) is 0. The van der Waals surface area contributed by atoms with Gasteiger partial charge in [0.05, 0.1) is 5.76 Å². The molecule has 1 aromatic carbocycles. The van der Waals surface area contributed by atoms with Gasteiger partial charge in [0.2, 0.25) is 0 Å². The average molecular weight is 331 g/mol. The largest absolute Gasteiger partial charge is 0.513 e. The summed E-state index contributed by atoms with van der Waals surface area (Å²) in [5.41, 5.74) is 3.42. The standard InChI is InChI=1S/C21H30FNO/c1-15(6-7-16(2)24)23-13-17(14-23)8-9-18-10-11-19(22)12-20(18)21(3,4)5/h10-12,17,24H,1-2,6-9,13-14H2,3-5H3. The highest BCUT2D eigenvalue weighted by atomic mass is 19.1. The van der Waals surface area contributed by atoms with Crippen LogP contribution in [0.25, 0.3) is 0 Å². The van der Waals surface area contributed by atoms with Gasteiger partial charge in [0.1, 0.15) is 5.82 Å². The van der Waals surface area contributed by atoms with Gasteiger partial charge in [-0.05, 0) is 53.9 Å². The summed E-state index contributed by atoms with van der Waals surface area (Å²) >= 11 is 0. The molecular formula is C21H30FNO. The van der Waals surface area contributed by atoms with E-state index in [1.807, 2.05) is 6.07 Å². The van der Waals surface area contributed by atoms with Gasteiger partial charge >= 0.3 is 0 Å². The lowest BCUT2D eigenvalue weighted by Crippen LogP contribution is -2.45. The Kier molecular flexibility index (Phi) is 5.74. The zero-order valence-electron chi connectivity index (χ0n) is 15.2. The Morgan fingerprint density at radius 3 is 2.50 bits per heavy atom. The van der Waals surface area contributed by atoms with Gasteiger partial charge in [0.25, 0.3) is 0 Å². The Morgan fingerprint density at radius 2 is 1.92 bits per heavy atom. The van der Waals surface area contributed by atoms with Gasteiger partial charge in [-0.15, -0.1) is 0 Å². The maximum atomic E-state index is 13.6. The zero-order valence-corrected chi connectivity index (χ0v) is 15.2. The second kappa shape index (κ2) is 7.42. The Morgan fingerprint density at radius 1 is 1.25 bits per heavy atom. The van der Waals surface area contributed by atoms with E-state index in [2.05, 4.69) is 38.8 Å². The van der Waals surface area contributed by atoms with Crippen molar-refractivity contribution in [3.63, 3.8) is 0 Å². The molecule has 3 heteroatoms. The van der Waals surface area contributed by atoms with E-state index < -0.39 is 0 Å². The number of aryl methyl sites for hydroxylation is 1. The molecule has 1 heterocycles. The van der Waals surface area contributed by atoms with E-state index >= 15 is 0 Å². The first kappa shape index (κ1) is 18.6. The molecule has 0 spiro atoms. The van der Waals surface area contributed by atoms with E-state index in [0.717, 1.165) is 43.6 Å². The van der Waals surface area contributed by atoms with Crippen molar-refractivity contribution in [2.45, 2.75) is 51.9 Å². The summed E-state index contributed by atoms with van der Waals surface area (Å²) in [6, 6.07) is 5.20. The van der Waals surface area contributed by atoms with Crippen molar-refractivity contribution in [1.29, 1.82) is 0 Å². The fourth-order valence-electron chi connectivity index (χ4n) is 3.28. The van der Waals surface area contributed by atoms with Crippen LogP contribution in [0.1, 0.15) is 51.2 Å². The number of rotatable bonds is 7. The number of nitrogens with zero attached hydrogens (tertiary/aromatic N) is 1. The number of halogens is 1. The minimum absolute atomic E-state index is 0.0376. The molecule has 1 saturated heterocycles. The van der Waals surface area contributed by atoms with E-state index in [0.29, 0.717) is 12.3 Å². The molecule has 2 nitrogen and oxygen atoms in total. The normalized spacial score (nSPS) is 15.2. The van der Waals surface area contributed by atoms with Crippen molar-refractivity contribution in [2.24, 2.45) is 5.92 Å². The van der Waals surface area contributed by atoms with Crippen molar-refractivity contribution in [2.75, 3.05) is 13.1 Å². The molecule has 1 aliphatic heterocycles. The quantitative estimate of drug-likeness (QED) is 0.681. The van der Waals surface area contributed by atoms with E-state index in [1.54, 1.807) is 12.1 Å². The molecule has 0 aliphatic carbocycles. The van der Waals surface area contributed by atoms with Gasteiger partial charge < -0.3 is 10.0 Å². The minimum Gasteiger partial charge on any atom is -0.513 e. The molecule has 0 radical (unpaired) electrons. The summed E-state index contributed by atoms with van der Waals surface area (Å²) in [5, 5.41) is 9.17. The molecule has 0 amide bonds.